The molecule has 1 rings (SSSR count). The fraction of sp³-hybridized carbons (Fsp3) is 0.650. The monoisotopic (exact) mass is 348 g/mol. The SMILES string of the molecule is CBc1c(OCCCC)cc(C(=O)OC(C)(C)C)cc1OCCCC. The summed E-state index contributed by atoms with van der Waals surface area (Å²) in [4.78, 5) is 12.5. The average molecular weight is 348 g/mol. The minimum Gasteiger partial charge on any atom is -0.494 e. The number of rotatable bonds is 10. The van der Waals surface area contributed by atoms with Gasteiger partial charge in [-0.25, -0.2) is 4.79 Å². The van der Waals surface area contributed by atoms with Crippen molar-refractivity contribution >= 4 is 18.7 Å². The van der Waals surface area contributed by atoms with Crippen molar-refractivity contribution in [3.05, 3.63) is 17.7 Å². The zero-order valence-corrected chi connectivity index (χ0v) is 16.7. The van der Waals surface area contributed by atoms with Crippen LogP contribution < -0.4 is 14.9 Å². The van der Waals surface area contributed by atoms with E-state index in [4.69, 9.17) is 14.2 Å². The van der Waals surface area contributed by atoms with E-state index in [0.717, 1.165) is 49.9 Å². The van der Waals surface area contributed by atoms with Crippen molar-refractivity contribution in [2.45, 2.75) is 72.7 Å². The summed E-state index contributed by atoms with van der Waals surface area (Å²) in [6.07, 6.45) is 4.08. The van der Waals surface area contributed by atoms with Crippen molar-refractivity contribution in [3.63, 3.8) is 0 Å². The fourth-order valence-electron chi connectivity index (χ4n) is 2.33. The molecule has 0 bridgehead atoms. The van der Waals surface area contributed by atoms with Crippen molar-refractivity contribution < 1.29 is 19.0 Å². The minimum atomic E-state index is -0.535. The van der Waals surface area contributed by atoms with Gasteiger partial charge in [-0.2, -0.15) is 0 Å². The lowest BCUT2D eigenvalue weighted by molar-refractivity contribution is 0.00687. The predicted molar refractivity (Wildman–Crippen MR) is 105 cm³/mol. The lowest BCUT2D eigenvalue weighted by Crippen LogP contribution is -2.25. The normalized spacial score (nSPS) is 11.1. The van der Waals surface area contributed by atoms with E-state index in [2.05, 4.69) is 20.7 Å². The molecule has 0 aromatic heterocycles. The predicted octanol–water partition coefficient (Wildman–Crippen LogP) is 4.11. The van der Waals surface area contributed by atoms with Gasteiger partial charge in [0, 0.05) is 0 Å². The third-order valence-corrected chi connectivity index (χ3v) is 3.67. The highest BCUT2D eigenvalue weighted by molar-refractivity contribution is 6.54. The Bertz CT molecular complexity index is 518. The third kappa shape index (κ3) is 7.41. The summed E-state index contributed by atoms with van der Waals surface area (Å²) in [6, 6.07) is 3.57. The van der Waals surface area contributed by atoms with Gasteiger partial charge in [0.15, 0.2) is 7.28 Å². The van der Waals surface area contributed by atoms with Gasteiger partial charge in [-0.1, -0.05) is 33.5 Å². The molecule has 4 nitrogen and oxygen atoms in total. The maximum Gasteiger partial charge on any atom is 0.338 e. The van der Waals surface area contributed by atoms with Crippen LogP contribution in [-0.4, -0.2) is 32.1 Å². The van der Waals surface area contributed by atoms with E-state index in [1.54, 1.807) is 12.1 Å². The van der Waals surface area contributed by atoms with Gasteiger partial charge in [-0.05, 0) is 51.2 Å². The summed E-state index contributed by atoms with van der Waals surface area (Å²) < 4.78 is 17.4. The lowest BCUT2D eigenvalue weighted by Gasteiger charge is -2.21. The molecule has 0 heterocycles. The first kappa shape index (κ1) is 21.4. The highest BCUT2D eigenvalue weighted by Gasteiger charge is 2.21. The Hall–Kier alpha value is -1.65. The standard InChI is InChI=1S/C20H33BO4/c1-7-9-11-23-16-13-15(19(22)25-20(3,4)5)14-17(18(16)21-6)24-12-10-8-2/h13-14,21H,7-12H2,1-6H3. The van der Waals surface area contributed by atoms with Gasteiger partial charge in [0.1, 0.15) is 17.1 Å². The smallest absolute Gasteiger partial charge is 0.338 e. The van der Waals surface area contributed by atoms with Crippen LogP contribution >= 0.6 is 0 Å². The molecule has 0 saturated carbocycles. The van der Waals surface area contributed by atoms with Crippen molar-refractivity contribution in [1.82, 2.24) is 0 Å². The van der Waals surface area contributed by atoms with Crippen LogP contribution in [0.2, 0.25) is 6.82 Å². The highest BCUT2D eigenvalue weighted by atomic mass is 16.6. The Labute approximate surface area is 153 Å². The number of hydrogen-bond acceptors (Lipinski definition) is 4. The van der Waals surface area contributed by atoms with E-state index in [1.165, 1.54) is 0 Å². The molecule has 0 aliphatic carbocycles. The molecular formula is C20H33BO4. The minimum absolute atomic E-state index is 0.351. The van der Waals surface area contributed by atoms with Crippen LogP contribution in [0, 0.1) is 0 Å². The second-order valence-corrected chi connectivity index (χ2v) is 7.21. The van der Waals surface area contributed by atoms with Crippen LogP contribution in [0.3, 0.4) is 0 Å². The molecule has 5 heteroatoms. The number of esters is 1. The van der Waals surface area contributed by atoms with Crippen molar-refractivity contribution in [2.24, 2.45) is 0 Å². The molecule has 0 atom stereocenters. The molecule has 0 aliphatic heterocycles. The van der Waals surface area contributed by atoms with Gasteiger partial charge < -0.3 is 14.2 Å². The summed E-state index contributed by atoms with van der Waals surface area (Å²) in [5, 5.41) is 0. The molecular weight excluding hydrogens is 315 g/mol. The number of ether oxygens (including phenoxy) is 3. The Morgan fingerprint density at radius 1 is 1.00 bits per heavy atom. The summed E-state index contributed by atoms with van der Waals surface area (Å²) in [6.45, 7) is 13.2. The van der Waals surface area contributed by atoms with Crippen molar-refractivity contribution in [2.75, 3.05) is 13.2 Å². The Balaban J connectivity index is 3.15. The van der Waals surface area contributed by atoms with E-state index in [9.17, 15) is 4.79 Å². The average Bonchev–Trinajstić information content (AvgIpc) is 2.53. The summed E-state index contributed by atoms with van der Waals surface area (Å²) in [5.74, 6) is 1.10. The van der Waals surface area contributed by atoms with Crippen LogP contribution in [0.25, 0.3) is 0 Å². The van der Waals surface area contributed by atoms with E-state index < -0.39 is 5.60 Å². The van der Waals surface area contributed by atoms with E-state index in [-0.39, 0.29) is 5.97 Å². The van der Waals surface area contributed by atoms with Gasteiger partial charge >= 0.3 is 5.97 Å². The van der Waals surface area contributed by atoms with Gasteiger partial charge in [0.25, 0.3) is 0 Å². The first-order valence-electron chi connectivity index (χ1n) is 9.48. The van der Waals surface area contributed by atoms with Gasteiger partial charge in [0.2, 0.25) is 0 Å². The molecule has 0 N–H and O–H groups in total. The van der Waals surface area contributed by atoms with Gasteiger partial charge in [-0.3, -0.25) is 0 Å². The molecule has 0 saturated heterocycles. The Morgan fingerprint density at radius 3 is 1.84 bits per heavy atom. The van der Waals surface area contributed by atoms with Crippen molar-refractivity contribution in [1.29, 1.82) is 0 Å². The highest BCUT2D eigenvalue weighted by Crippen LogP contribution is 2.23. The molecule has 0 fully saturated rings. The topological polar surface area (TPSA) is 44.8 Å². The molecule has 0 aliphatic rings. The summed E-state index contributed by atoms with van der Waals surface area (Å²) in [7, 11) is 0.789. The van der Waals surface area contributed by atoms with E-state index in [1.807, 2.05) is 20.8 Å². The second-order valence-electron chi connectivity index (χ2n) is 7.21. The molecule has 0 radical (unpaired) electrons. The van der Waals surface area contributed by atoms with Gasteiger partial charge in [-0.15, -0.1) is 0 Å². The molecule has 0 unspecified atom stereocenters. The van der Waals surface area contributed by atoms with Crippen LogP contribution in [0.4, 0.5) is 0 Å². The van der Waals surface area contributed by atoms with Crippen LogP contribution in [0.5, 0.6) is 11.5 Å². The van der Waals surface area contributed by atoms with Crippen molar-refractivity contribution in [3.8, 4) is 11.5 Å². The molecule has 0 spiro atoms. The first-order valence-corrected chi connectivity index (χ1v) is 9.48. The largest absolute Gasteiger partial charge is 0.494 e. The number of carbonyl (C=O) groups is 1. The Morgan fingerprint density at radius 2 is 1.48 bits per heavy atom. The zero-order valence-electron chi connectivity index (χ0n) is 16.7. The third-order valence-electron chi connectivity index (χ3n) is 3.67. The van der Waals surface area contributed by atoms with Crippen LogP contribution in [0.1, 0.15) is 70.7 Å². The Kier molecular flexibility index (Phi) is 8.88. The zero-order chi connectivity index (χ0) is 18.9. The molecule has 1 aromatic rings. The number of carbonyl (C=O) groups excluding carboxylic acids is 1. The van der Waals surface area contributed by atoms with E-state index in [0.29, 0.717) is 18.8 Å². The number of benzene rings is 1. The number of unbranched alkanes of at least 4 members (excludes halogenated alkanes) is 2. The molecule has 25 heavy (non-hydrogen) atoms. The van der Waals surface area contributed by atoms with E-state index >= 15 is 0 Å². The summed E-state index contributed by atoms with van der Waals surface area (Å²) in [5.41, 5.74) is 0.956. The molecule has 140 valence electrons. The number of hydrogen-bond donors (Lipinski definition) is 0. The molecule has 0 amide bonds. The maximum absolute atomic E-state index is 12.5. The van der Waals surface area contributed by atoms with Gasteiger partial charge in [0.05, 0.1) is 18.8 Å². The summed E-state index contributed by atoms with van der Waals surface area (Å²) >= 11 is 0. The first-order chi connectivity index (χ1) is 11.8. The quantitative estimate of drug-likeness (QED) is 0.363. The van der Waals surface area contributed by atoms with Crippen LogP contribution in [0.15, 0.2) is 12.1 Å². The second kappa shape index (κ2) is 10.4. The molecule has 1 aromatic carbocycles. The van der Waals surface area contributed by atoms with Crippen LogP contribution in [-0.2, 0) is 4.74 Å². The fourth-order valence-corrected chi connectivity index (χ4v) is 2.33. The lowest BCUT2D eigenvalue weighted by atomic mass is 9.71. The maximum atomic E-state index is 12.5.